The number of likely N-dealkylation sites (tertiary alicyclic amines) is 1. The Labute approximate surface area is 129 Å². The van der Waals surface area contributed by atoms with Crippen LogP contribution in [0.15, 0.2) is 10.6 Å². The zero-order chi connectivity index (χ0) is 15.7. The van der Waals surface area contributed by atoms with Crippen molar-refractivity contribution in [3.63, 3.8) is 0 Å². The molecule has 3 heterocycles. The summed E-state index contributed by atoms with van der Waals surface area (Å²) < 4.78 is 28.2. The summed E-state index contributed by atoms with van der Waals surface area (Å²) in [6.45, 7) is 2.95. The molecule has 3 rings (SSSR count). The number of rotatable bonds is 3. The molecule has 2 fully saturated rings. The van der Waals surface area contributed by atoms with E-state index < -0.39 is 9.84 Å². The molecule has 2 aliphatic heterocycles. The van der Waals surface area contributed by atoms with E-state index in [1.807, 2.05) is 13.0 Å². The number of nitrogens with one attached hydrogen (secondary N) is 1. The monoisotopic (exact) mass is 327 g/mol. The van der Waals surface area contributed by atoms with Crippen molar-refractivity contribution < 1.29 is 17.7 Å². The number of urea groups is 1. The van der Waals surface area contributed by atoms with Gasteiger partial charge in [-0.25, -0.2) is 13.2 Å². The fraction of sp³-hybridized carbons (Fsp3) is 0.714. The second-order valence-electron chi connectivity index (χ2n) is 6.18. The Morgan fingerprint density at radius 2 is 2.32 bits per heavy atom. The molecule has 1 aromatic rings. The van der Waals surface area contributed by atoms with Crippen LogP contribution >= 0.6 is 0 Å². The Hall–Kier alpha value is -1.57. The van der Waals surface area contributed by atoms with Gasteiger partial charge >= 0.3 is 6.03 Å². The molecule has 0 bridgehead atoms. The van der Waals surface area contributed by atoms with Crippen LogP contribution in [0.1, 0.15) is 36.8 Å². The van der Waals surface area contributed by atoms with Crippen LogP contribution < -0.4 is 5.32 Å². The van der Waals surface area contributed by atoms with Gasteiger partial charge in [0.25, 0.3) is 0 Å². The molecule has 2 saturated heterocycles. The first kappa shape index (κ1) is 15.3. The van der Waals surface area contributed by atoms with E-state index in [0.717, 1.165) is 18.5 Å². The highest BCUT2D eigenvalue weighted by Gasteiger charge is 2.34. The van der Waals surface area contributed by atoms with Gasteiger partial charge in [-0.05, 0) is 32.1 Å². The van der Waals surface area contributed by atoms with Crippen molar-refractivity contribution in [1.82, 2.24) is 15.4 Å². The molecule has 0 radical (unpaired) electrons. The summed E-state index contributed by atoms with van der Waals surface area (Å²) in [6, 6.07) is 1.63. The quantitative estimate of drug-likeness (QED) is 0.902. The highest BCUT2D eigenvalue weighted by Crippen LogP contribution is 2.32. The Morgan fingerprint density at radius 1 is 1.50 bits per heavy atom. The Kier molecular flexibility index (Phi) is 4.12. The van der Waals surface area contributed by atoms with Crippen molar-refractivity contribution in [1.29, 1.82) is 0 Å². The van der Waals surface area contributed by atoms with Crippen LogP contribution in [0.2, 0.25) is 0 Å². The maximum Gasteiger partial charge on any atom is 0.318 e. The fourth-order valence-electron chi connectivity index (χ4n) is 3.21. The minimum atomic E-state index is -2.90. The summed E-state index contributed by atoms with van der Waals surface area (Å²) in [7, 11) is -2.90. The van der Waals surface area contributed by atoms with E-state index in [2.05, 4.69) is 10.5 Å². The van der Waals surface area contributed by atoms with Gasteiger partial charge in [0, 0.05) is 19.2 Å². The SMILES string of the molecule is Cc1cc([C@@H]2CCCN2C(=O)NC[C@@H]2CCS(=O)(=O)C2)on1. The largest absolute Gasteiger partial charge is 0.359 e. The third-order valence-electron chi connectivity index (χ3n) is 4.36. The van der Waals surface area contributed by atoms with Gasteiger partial charge in [0.15, 0.2) is 15.6 Å². The smallest absolute Gasteiger partial charge is 0.318 e. The molecule has 22 heavy (non-hydrogen) atoms. The Morgan fingerprint density at radius 3 is 2.95 bits per heavy atom. The van der Waals surface area contributed by atoms with E-state index in [0.29, 0.717) is 25.3 Å². The third-order valence-corrected chi connectivity index (χ3v) is 6.19. The van der Waals surface area contributed by atoms with Crippen molar-refractivity contribution in [3.8, 4) is 0 Å². The molecular formula is C14H21N3O4S. The van der Waals surface area contributed by atoms with Crippen molar-refractivity contribution in [2.75, 3.05) is 24.6 Å². The molecule has 1 N–H and O–H groups in total. The van der Waals surface area contributed by atoms with Gasteiger partial charge in [-0.1, -0.05) is 5.16 Å². The van der Waals surface area contributed by atoms with Crippen LogP contribution in [-0.2, 0) is 9.84 Å². The maximum absolute atomic E-state index is 12.4. The van der Waals surface area contributed by atoms with Gasteiger partial charge in [-0.2, -0.15) is 0 Å². The summed E-state index contributed by atoms with van der Waals surface area (Å²) >= 11 is 0. The number of carbonyl (C=O) groups is 1. The van der Waals surface area contributed by atoms with Crippen molar-refractivity contribution in [3.05, 3.63) is 17.5 Å². The normalized spacial score (nSPS) is 27.2. The van der Waals surface area contributed by atoms with Gasteiger partial charge in [0.05, 0.1) is 23.2 Å². The summed E-state index contributed by atoms with van der Waals surface area (Å²) in [5.41, 5.74) is 0.804. The molecule has 0 unspecified atom stereocenters. The van der Waals surface area contributed by atoms with E-state index in [1.54, 1.807) is 4.90 Å². The molecule has 7 nitrogen and oxygen atoms in total. The average molecular weight is 327 g/mol. The predicted octanol–water partition coefficient (Wildman–Crippen LogP) is 1.26. The number of sulfone groups is 1. The second-order valence-corrected chi connectivity index (χ2v) is 8.41. The molecule has 1 aromatic heterocycles. The maximum atomic E-state index is 12.4. The van der Waals surface area contributed by atoms with E-state index in [4.69, 9.17) is 4.52 Å². The van der Waals surface area contributed by atoms with Crippen LogP contribution in [0.25, 0.3) is 0 Å². The van der Waals surface area contributed by atoms with E-state index >= 15 is 0 Å². The molecule has 2 amide bonds. The van der Waals surface area contributed by atoms with Gasteiger partial charge in [-0.3, -0.25) is 0 Å². The number of aromatic nitrogens is 1. The average Bonchev–Trinajstić information content (AvgIpc) is 3.15. The summed E-state index contributed by atoms with van der Waals surface area (Å²) in [6.07, 6.45) is 2.42. The van der Waals surface area contributed by atoms with Gasteiger partial charge in [-0.15, -0.1) is 0 Å². The lowest BCUT2D eigenvalue weighted by atomic mass is 10.1. The molecule has 0 aliphatic carbocycles. The van der Waals surface area contributed by atoms with E-state index in [9.17, 15) is 13.2 Å². The lowest BCUT2D eigenvalue weighted by Gasteiger charge is -2.23. The van der Waals surface area contributed by atoms with Crippen molar-refractivity contribution in [2.45, 2.75) is 32.2 Å². The summed E-state index contributed by atoms with van der Waals surface area (Å²) in [5, 5.41) is 6.75. The molecule has 2 aliphatic rings. The van der Waals surface area contributed by atoms with Crippen molar-refractivity contribution in [2.24, 2.45) is 5.92 Å². The van der Waals surface area contributed by atoms with E-state index in [1.165, 1.54) is 0 Å². The number of nitrogens with zero attached hydrogens (tertiary/aromatic N) is 2. The number of hydrogen-bond acceptors (Lipinski definition) is 5. The fourth-order valence-corrected chi connectivity index (χ4v) is 5.07. The summed E-state index contributed by atoms with van der Waals surface area (Å²) in [4.78, 5) is 14.1. The number of aryl methyl sites for hydroxylation is 1. The first-order valence-electron chi connectivity index (χ1n) is 7.63. The standard InChI is InChI=1S/C14H21N3O4S/c1-10-7-13(21-16-10)12-3-2-5-17(12)14(18)15-8-11-4-6-22(19,20)9-11/h7,11-12H,2-6,8-9H2,1H3,(H,15,18)/t11-,12-/m0/s1. The van der Waals surface area contributed by atoms with Crippen LogP contribution in [0.3, 0.4) is 0 Å². The molecule has 0 spiro atoms. The van der Waals surface area contributed by atoms with Gasteiger partial charge in [0.1, 0.15) is 0 Å². The number of amides is 2. The minimum Gasteiger partial charge on any atom is -0.359 e. The lowest BCUT2D eigenvalue weighted by Crippen LogP contribution is -2.41. The van der Waals surface area contributed by atoms with Crippen LogP contribution in [0, 0.1) is 12.8 Å². The lowest BCUT2D eigenvalue weighted by molar-refractivity contribution is 0.181. The van der Waals surface area contributed by atoms with Crippen molar-refractivity contribution >= 4 is 15.9 Å². The highest BCUT2D eigenvalue weighted by atomic mass is 32.2. The molecule has 0 saturated carbocycles. The number of hydrogen-bond donors (Lipinski definition) is 1. The zero-order valence-electron chi connectivity index (χ0n) is 12.6. The van der Waals surface area contributed by atoms with Crippen LogP contribution in [0.4, 0.5) is 4.79 Å². The Bertz CT molecular complexity index is 655. The minimum absolute atomic E-state index is 0.0301. The van der Waals surface area contributed by atoms with Gasteiger partial charge < -0.3 is 14.7 Å². The predicted molar refractivity (Wildman–Crippen MR) is 80.1 cm³/mol. The molecule has 2 atom stereocenters. The molecule has 8 heteroatoms. The third kappa shape index (κ3) is 3.26. The molecule has 122 valence electrons. The highest BCUT2D eigenvalue weighted by molar-refractivity contribution is 7.91. The number of carbonyl (C=O) groups excluding carboxylic acids is 1. The second kappa shape index (κ2) is 5.91. The molecular weight excluding hydrogens is 306 g/mol. The van der Waals surface area contributed by atoms with E-state index in [-0.39, 0.29) is 29.5 Å². The topological polar surface area (TPSA) is 92.5 Å². The van der Waals surface area contributed by atoms with Crippen LogP contribution in [-0.4, -0.2) is 49.1 Å². The van der Waals surface area contributed by atoms with Crippen LogP contribution in [0.5, 0.6) is 0 Å². The van der Waals surface area contributed by atoms with Gasteiger partial charge in [0.2, 0.25) is 0 Å². The Balaban J connectivity index is 1.57. The first-order valence-corrected chi connectivity index (χ1v) is 9.45. The first-order chi connectivity index (χ1) is 10.4. The molecule has 0 aromatic carbocycles. The zero-order valence-corrected chi connectivity index (χ0v) is 13.4. The summed E-state index contributed by atoms with van der Waals surface area (Å²) in [5.74, 6) is 1.16.